The third kappa shape index (κ3) is 2.98. The second kappa shape index (κ2) is 6.30. The van der Waals surface area contributed by atoms with E-state index in [1.54, 1.807) is 30.3 Å². The molecule has 0 aliphatic rings. The highest BCUT2D eigenvalue weighted by Crippen LogP contribution is 2.31. The second-order valence-corrected chi connectivity index (χ2v) is 7.26. The van der Waals surface area contributed by atoms with E-state index in [4.69, 9.17) is 0 Å². The van der Waals surface area contributed by atoms with Gasteiger partial charge in [-0.1, -0.05) is 24.3 Å². The Hall–Kier alpha value is -1.53. The molecule has 0 saturated carbocycles. The quantitative estimate of drug-likeness (QED) is 0.391. The molecule has 1 nitrogen and oxygen atoms in total. The normalized spacial score (nSPS) is 10.7. The zero-order valence-electron chi connectivity index (χ0n) is 11.8. The fourth-order valence-corrected chi connectivity index (χ4v) is 3.72. The van der Waals surface area contributed by atoms with Crippen molar-refractivity contribution in [2.45, 2.75) is 6.92 Å². The number of thiophene rings is 1. The number of benzene rings is 2. The van der Waals surface area contributed by atoms with E-state index in [2.05, 4.69) is 22.6 Å². The van der Waals surface area contributed by atoms with Crippen LogP contribution in [0.4, 0.5) is 4.39 Å². The van der Waals surface area contributed by atoms with Crippen LogP contribution in [0.15, 0.2) is 54.6 Å². The highest BCUT2D eigenvalue weighted by Gasteiger charge is 2.16. The highest BCUT2D eigenvalue weighted by molar-refractivity contribution is 14.1. The molecule has 0 fully saturated rings. The van der Waals surface area contributed by atoms with Crippen LogP contribution in [0.5, 0.6) is 0 Å². The van der Waals surface area contributed by atoms with Gasteiger partial charge in [-0.15, -0.1) is 11.3 Å². The number of carbonyl (C=O) groups excluding carboxylic acids is 1. The van der Waals surface area contributed by atoms with Gasteiger partial charge >= 0.3 is 0 Å². The Kier molecular flexibility index (Phi) is 4.40. The summed E-state index contributed by atoms with van der Waals surface area (Å²) in [5.41, 5.74) is 2.19. The molecule has 0 aliphatic carbocycles. The van der Waals surface area contributed by atoms with E-state index < -0.39 is 0 Å². The number of hydrogen-bond acceptors (Lipinski definition) is 2. The van der Waals surface area contributed by atoms with E-state index in [-0.39, 0.29) is 11.6 Å². The molecule has 0 N–H and O–H groups in total. The first-order valence-electron chi connectivity index (χ1n) is 6.72. The average Bonchev–Trinajstić information content (AvgIpc) is 2.99. The lowest BCUT2D eigenvalue weighted by molar-refractivity contribution is 0.104. The van der Waals surface area contributed by atoms with Crippen molar-refractivity contribution in [2.24, 2.45) is 0 Å². The van der Waals surface area contributed by atoms with Crippen LogP contribution in [0, 0.1) is 16.3 Å². The van der Waals surface area contributed by atoms with Crippen LogP contribution in [0.3, 0.4) is 0 Å². The molecule has 1 heterocycles. The molecule has 0 spiro atoms. The van der Waals surface area contributed by atoms with Gasteiger partial charge in [0.15, 0.2) is 0 Å². The number of halogens is 2. The topological polar surface area (TPSA) is 17.1 Å². The van der Waals surface area contributed by atoms with E-state index in [9.17, 15) is 9.18 Å². The van der Waals surface area contributed by atoms with Gasteiger partial charge in [-0.25, -0.2) is 4.39 Å². The standard InChI is InChI=1S/C18H12FIOS/c1-11-6-7-12(20)10-14(11)18(21)17-9-8-16(22-17)13-4-2-3-5-15(13)19/h2-10H,1H3. The van der Waals surface area contributed by atoms with Gasteiger partial charge in [0, 0.05) is 19.6 Å². The first-order chi connectivity index (χ1) is 10.6. The maximum atomic E-state index is 13.8. The fourth-order valence-electron chi connectivity index (χ4n) is 2.24. The minimum absolute atomic E-state index is 0.0106. The van der Waals surface area contributed by atoms with Crippen molar-refractivity contribution >= 4 is 39.7 Å². The molecule has 0 bridgehead atoms. The first kappa shape index (κ1) is 15.4. The van der Waals surface area contributed by atoms with Crippen molar-refractivity contribution in [1.82, 2.24) is 0 Å². The maximum Gasteiger partial charge on any atom is 0.203 e. The number of ketones is 1. The van der Waals surface area contributed by atoms with E-state index in [1.165, 1.54) is 17.4 Å². The number of carbonyl (C=O) groups is 1. The predicted molar refractivity (Wildman–Crippen MR) is 97.0 cm³/mol. The predicted octanol–water partition coefficient (Wildman–Crippen LogP) is 5.70. The summed E-state index contributed by atoms with van der Waals surface area (Å²) >= 11 is 3.52. The number of aryl methyl sites for hydroxylation is 1. The summed E-state index contributed by atoms with van der Waals surface area (Å²) in [5.74, 6) is -0.280. The van der Waals surface area contributed by atoms with Gasteiger partial charge in [0.25, 0.3) is 0 Å². The van der Waals surface area contributed by atoms with Crippen LogP contribution in [0.1, 0.15) is 20.8 Å². The van der Waals surface area contributed by atoms with Crippen LogP contribution >= 0.6 is 33.9 Å². The Morgan fingerprint density at radius 3 is 2.64 bits per heavy atom. The summed E-state index contributed by atoms with van der Waals surface area (Å²) < 4.78 is 14.9. The molecule has 0 unspecified atom stereocenters. The van der Waals surface area contributed by atoms with E-state index in [0.29, 0.717) is 16.0 Å². The average molecular weight is 422 g/mol. The first-order valence-corrected chi connectivity index (χ1v) is 8.61. The van der Waals surface area contributed by atoms with Crippen molar-refractivity contribution in [1.29, 1.82) is 0 Å². The monoisotopic (exact) mass is 422 g/mol. The summed E-state index contributed by atoms with van der Waals surface area (Å²) in [5, 5.41) is 0. The second-order valence-electron chi connectivity index (χ2n) is 4.93. The molecule has 3 rings (SSSR count). The number of rotatable bonds is 3. The van der Waals surface area contributed by atoms with Crippen LogP contribution < -0.4 is 0 Å². The molecule has 0 aliphatic heterocycles. The van der Waals surface area contributed by atoms with Gasteiger partial charge in [0.05, 0.1) is 4.88 Å². The SMILES string of the molecule is Cc1ccc(I)cc1C(=O)c1ccc(-c2ccccc2F)s1. The van der Waals surface area contributed by atoms with E-state index in [0.717, 1.165) is 14.0 Å². The fraction of sp³-hybridized carbons (Fsp3) is 0.0556. The molecule has 0 saturated heterocycles. The van der Waals surface area contributed by atoms with Crippen molar-refractivity contribution in [3.63, 3.8) is 0 Å². The minimum atomic E-state index is -0.270. The number of hydrogen-bond donors (Lipinski definition) is 0. The zero-order valence-corrected chi connectivity index (χ0v) is 14.7. The van der Waals surface area contributed by atoms with Crippen molar-refractivity contribution in [3.05, 3.63) is 80.0 Å². The molecule has 0 atom stereocenters. The van der Waals surface area contributed by atoms with Crippen molar-refractivity contribution in [3.8, 4) is 10.4 Å². The Morgan fingerprint density at radius 1 is 1.09 bits per heavy atom. The lowest BCUT2D eigenvalue weighted by Crippen LogP contribution is -2.01. The van der Waals surface area contributed by atoms with Gasteiger partial charge in [0.1, 0.15) is 5.82 Å². The van der Waals surface area contributed by atoms with Crippen molar-refractivity contribution < 1.29 is 9.18 Å². The summed E-state index contributed by atoms with van der Waals surface area (Å²) in [4.78, 5) is 14.1. The van der Waals surface area contributed by atoms with E-state index >= 15 is 0 Å². The molecule has 0 radical (unpaired) electrons. The van der Waals surface area contributed by atoms with Crippen LogP contribution in [-0.4, -0.2) is 5.78 Å². The molecule has 0 amide bonds. The van der Waals surface area contributed by atoms with Gasteiger partial charge in [-0.3, -0.25) is 4.79 Å². The van der Waals surface area contributed by atoms with Gasteiger partial charge in [-0.2, -0.15) is 0 Å². The highest BCUT2D eigenvalue weighted by atomic mass is 127. The maximum absolute atomic E-state index is 13.8. The lowest BCUT2D eigenvalue weighted by Gasteiger charge is -2.04. The molecule has 4 heteroatoms. The molecule has 110 valence electrons. The largest absolute Gasteiger partial charge is 0.288 e. The Bertz CT molecular complexity index is 854. The molecule has 3 aromatic rings. The third-order valence-corrected chi connectivity index (χ3v) is 5.20. The Morgan fingerprint density at radius 2 is 1.86 bits per heavy atom. The lowest BCUT2D eigenvalue weighted by atomic mass is 10.0. The van der Waals surface area contributed by atoms with Crippen LogP contribution in [0.2, 0.25) is 0 Å². The van der Waals surface area contributed by atoms with Gasteiger partial charge < -0.3 is 0 Å². The van der Waals surface area contributed by atoms with Gasteiger partial charge in [-0.05, 0) is 65.4 Å². The molecule has 2 aromatic carbocycles. The molecule has 1 aromatic heterocycles. The summed E-state index contributed by atoms with van der Waals surface area (Å²) in [6, 6.07) is 16.0. The minimum Gasteiger partial charge on any atom is -0.288 e. The summed E-state index contributed by atoms with van der Waals surface area (Å²) in [7, 11) is 0. The summed E-state index contributed by atoms with van der Waals surface area (Å²) in [6.07, 6.45) is 0. The van der Waals surface area contributed by atoms with Gasteiger partial charge in [0.2, 0.25) is 5.78 Å². The van der Waals surface area contributed by atoms with Crippen molar-refractivity contribution in [2.75, 3.05) is 0 Å². The van der Waals surface area contributed by atoms with E-state index in [1.807, 2.05) is 25.1 Å². The van der Waals surface area contributed by atoms with Crippen LogP contribution in [-0.2, 0) is 0 Å². The zero-order chi connectivity index (χ0) is 15.7. The van der Waals surface area contributed by atoms with Crippen LogP contribution in [0.25, 0.3) is 10.4 Å². The Labute approximate surface area is 146 Å². The summed E-state index contributed by atoms with van der Waals surface area (Å²) in [6.45, 7) is 1.93. The molecular formula is C18H12FIOS. The Balaban J connectivity index is 1.99. The third-order valence-electron chi connectivity index (χ3n) is 3.41. The molecule has 22 heavy (non-hydrogen) atoms. The molecular weight excluding hydrogens is 410 g/mol. The smallest absolute Gasteiger partial charge is 0.203 e.